The molecule has 24 heavy (non-hydrogen) atoms. The minimum Gasteiger partial charge on any atom is -0.444 e. The molecule has 0 aliphatic carbocycles. The number of amides is 2. The number of hydrogen-bond donors (Lipinski definition) is 1. The summed E-state index contributed by atoms with van der Waals surface area (Å²) in [5.74, 6) is -0.280. The highest BCUT2D eigenvalue weighted by Crippen LogP contribution is 2.24. The van der Waals surface area contributed by atoms with Crippen molar-refractivity contribution in [3.8, 4) is 0 Å². The van der Waals surface area contributed by atoms with Gasteiger partial charge in [0.2, 0.25) is 5.91 Å². The topological polar surface area (TPSA) is 71.5 Å². The number of benzene rings is 1. The average molecular weight is 347 g/mol. The first-order valence-electron chi connectivity index (χ1n) is 7.95. The Labute approximate surface area is 145 Å². The number of hydrogen-bond acceptors (Lipinski definition) is 5. The molecule has 128 valence electrons. The van der Waals surface area contributed by atoms with E-state index in [0.29, 0.717) is 19.5 Å². The lowest BCUT2D eigenvalue weighted by molar-refractivity contribution is -0.119. The van der Waals surface area contributed by atoms with Gasteiger partial charge in [0.15, 0.2) is 0 Å². The summed E-state index contributed by atoms with van der Waals surface area (Å²) in [6.07, 6.45) is 2.08. The first kappa shape index (κ1) is 16.7. The second-order valence-corrected chi connectivity index (χ2v) is 7.81. The number of rotatable bonds is 2. The van der Waals surface area contributed by atoms with Crippen LogP contribution < -0.4 is 5.32 Å². The molecule has 1 N–H and O–H groups in total. The molecule has 6 nitrogen and oxygen atoms in total. The summed E-state index contributed by atoms with van der Waals surface area (Å²) in [4.78, 5) is 26.1. The number of carbonyl (C=O) groups excluding carboxylic acids is 2. The van der Waals surface area contributed by atoms with E-state index in [9.17, 15) is 9.59 Å². The predicted molar refractivity (Wildman–Crippen MR) is 94.2 cm³/mol. The molecule has 1 saturated heterocycles. The summed E-state index contributed by atoms with van der Waals surface area (Å²) in [6.45, 7) is 6.44. The monoisotopic (exact) mass is 347 g/mol. The fourth-order valence-corrected chi connectivity index (χ4v) is 3.29. The lowest BCUT2D eigenvalue weighted by atomic mass is 10.1. The number of likely N-dealkylation sites (tertiary alicyclic amines) is 1. The van der Waals surface area contributed by atoms with Crippen molar-refractivity contribution in [2.45, 2.75) is 32.8 Å². The van der Waals surface area contributed by atoms with Gasteiger partial charge in [-0.15, -0.1) is 0 Å². The van der Waals surface area contributed by atoms with Crippen LogP contribution in [0.3, 0.4) is 0 Å². The third-order valence-corrected chi connectivity index (χ3v) is 4.61. The summed E-state index contributed by atoms with van der Waals surface area (Å²) in [6, 6.07) is 5.74. The summed E-state index contributed by atoms with van der Waals surface area (Å²) >= 11 is 1.43. The molecule has 1 unspecified atom stereocenters. The summed E-state index contributed by atoms with van der Waals surface area (Å²) in [7, 11) is 0. The second kappa shape index (κ2) is 6.39. The molecule has 0 radical (unpaired) electrons. The number of nitrogens with zero attached hydrogens (tertiary/aromatic N) is 2. The Kier molecular flexibility index (Phi) is 4.45. The highest BCUT2D eigenvalue weighted by Gasteiger charge is 2.33. The highest BCUT2D eigenvalue weighted by atomic mass is 32.1. The Morgan fingerprint density at radius 2 is 2.17 bits per heavy atom. The fraction of sp³-hybridized carbons (Fsp3) is 0.471. The van der Waals surface area contributed by atoms with Crippen LogP contribution in [0.1, 0.15) is 27.2 Å². The zero-order chi connectivity index (χ0) is 17.3. The Hall–Kier alpha value is -2.15. The molecule has 1 aliphatic rings. The van der Waals surface area contributed by atoms with Gasteiger partial charge in [-0.1, -0.05) is 0 Å². The van der Waals surface area contributed by atoms with E-state index >= 15 is 0 Å². The minimum atomic E-state index is -0.526. The van der Waals surface area contributed by atoms with E-state index in [1.54, 1.807) is 11.1 Å². The largest absolute Gasteiger partial charge is 0.444 e. The van der Waals surface area contributed by atoms with Crippen LogP contribution in [-0.2, 0) is 9.53 Å². The van der Waals surface area contributed by atoms with Gasteiger partial charge in [0, 0.05) is 30.4 Å². The van der Waals surface area contributed by atoms with Crippen molar-refractivity contribution in [1.29, 1.82) is 0 Å². The van der Waals surface area contributed by atoms with Gasteiger partial charge in [0.25, 0.3) is 0 Å². The predicted octanol–water partition coefficient (Wildman–Crippen LogP) is 3.49. The van der Waals surface area contributed by atoms with Gasteiger partial charge in [0.05, 0.1) is 10.6 Å². The zero-order valence-electron chi connectivity index (χ0n) is 14.0. The van der Waals surface area contributed by atoms with E-state index < -0.39 is 5.60 Å². The molecule has 7 heteroatoms. The van der Waals surface area contributed by atoms with Gasteiger partial charge in [-0.05, 0) is 56.9 Å². The van der Waals surface area contributed by atoms with Gasteiger partial charge in [-0.2, -0.15) is 4.37 Å². The van der Waals surface area contributed by atoms with Crippen LogP contribution in [0.15, 0.2) is 24.4 Å². The summed E-state index contributed by atoms with van der Waals surface area (Å²) in [5.41, 5.74) is 0.227. The standard InChI is InChI=1S/C17H21N3O3S/c1-17(2,3)23-16(22)20-7-6-11(10-20)15(21)19-13-4-5-14-12(8-13)9-18-24-14/h4-5,8-9,11H,6-7,10H2,1-3H3,(H,19,21). The molecule has 1 fully saturated rings. The van der Waals surface area contributed by atoms with Crippen molar-refractivity contribution in [1.82, 2.24) is 9.27 Å². The Bertz CT molecular complexity index is 766. The van der Waals surface area contributed by atoms with Gasteiger partial charge < -0.3 is 15.0 Å². The van der Waals surface area contributed by atoms with Gasteiger partial charge in [-0.25, -0.2) is 4.79 Å². The molecule has 2 heterocycles. The number of aromatic nitrogens is 1. The number of fused-ring (bicyclic) bond motifs is 1. The molecule has 2 amide bonds. The smallest absolute Gasteiger partial charge is 0.410 e. The van der Waals surface area contributed by atoms with Crippen LogP contribution in [0.25, 0.3) is 10.1 Å². The Morgan fingerprint density at radius 3 is 2.92 bits per heavy atom. The van der Waals surface area contributed by atoms with Gasteiger partial charge in [-0.3, -0.25) is 4.79 Å². The SMILES string of the molecule is CC(C)(C)OC(=O)N1CCC(C(=O)Nc2ccc3sncc3c2)C1. The molecule has 0 spiro atoms. The first-order chi connectivity index (χ1) is 11.3. The average Bonchev–Trinajstić information content (AvgIpc) is 3.14. The molecule has 0 saturated carbocycles. The molecule has 0 bridgehead atoms. The highest BCUT2D eigenvalue weighted by molar-refractivity contribution is 7.13. The van der Waals surface area contributed by atoms with Crippen LogP contribution in [0.5, 0.6) is 0 Å². The van der Waals surface area contributed by atoms with E-state index in [1.165, 1.54) is 11.5 Å². The lowest BCUT2D eigenvalue weighted by Gasteiger charge is -2.24. The maximum Gasteiger partial charge on any atom is 0.410 e. The lowest BCUT2D eigenvalue weighted by Crippen LogP contribution is -2.36. The van der Waals surface area contributed by atoms with Crippen molar-refractivity contribution in [2.75, 3.05) is 18.4 Å². The molecule has 3 rings (SSSR count). The Balaban J connectivity index is 1.59. The first-order valence-corrected chi connectivity index (χ1v) is 8.72. The zero-order valence-corrected chi connectivity index (χ0v) is 14.9. The Morgan fingerprint density at radius 1 is 1.38 bits per heavy atom. The molecule has 1 aromatic heterocycles. The number of anilines is 1. The molecule has 1 aromatic carbocycles. The van der Waals surface area contributed by atoms with E-state index in [2.05, 4.69) is 9.69 Å². The van der Waals surface area contributed by atoms with Crippen LogP contribution in [0.4, 0.5) is 10.5 Å². The van der Waals surface area contributed by atoms with Gasteiger partial charge >= 0.3 is 6.09 Å². The van der Waals surface area contributed by atoms with Crippen LogP contribution in [-0.4, -0.2) is 40.0 Å². The molecular formula is C17H21N3O3S. The maximum atomic E-state index is 12.4. The van der Waals surface area contributed by atoms with Crippen LogP contribution in [0.2, 0.25) is 0 Å². The maximum absolute atomic E-state index is 12.4. The summed E-state index contributed by atoms with van der Waals surface area (Å²) < 4.78 is 10.6. The van der Waals surface area contributed by atoms with E-state index in [1.807, 2.05) is 39.0 Å². The van der Waals surface area contributed by atoms with E-state index in [0.717, 1.165) is 15.8 Å². The molecule has 2 aromatic rings. The summed E-state index contributed by atoms with van der Waals surface area (Å²) in [5, 5.41) is 3.95. The van der Waals surface area contributed by atoms with Gasteiger partial charge in [0.1, 0.15) is 5.60 Å². The quantitative estimate of drug-likeness (QED) is 0.902. The molecule has 1 atom stereocenters. The van der Waals surface area contributed by atoms with Crippen molar-refractivity contribution in [3.63, 3.8) is 0 Å². The van der Waals surface area contributed by atoms with Crippen LogP contribution in [0, 0.1) is 5.92 Å². The number of carbonyl (C=O) groups is 2. The van der Waals surface area contributed by atoms with Crippen molar-refractivity contribution >= 4 is 39.3 Å². The minimum absolute atomic E-state index is 0.0661. The van der Waals surface area contributed by atoms with Crippen molar-refractivity contribution in [3.05, 3.63) is 24.4 Å². The molecule has 1 aliphatic heterocycles. The number of ether oxygens (including phenoxy) is 1. The third-order valence-electron chi connectivity index (χ3n) is 3.83. The normalized spacial score (nSPS) is 18.0. The van der Waals surface area contributed by atoms with E-state index in [-0.39, 0.29) is 17.9 Å². The van der Waals surface area contributed by atoms with E-state index in [4.69, 9.17) is 4.74 Å². The van der Waals surface area contributed by atoms with Crippen molar-refractivity contribution < 1.29 is 14.3 Å². The van der Waals surface area contributed by atoms with Crippen LogP contribution >= 0.6 is 11.5 Å². The van der Waals surface area contributed by atoms with Crippen molar-refractivity contribution in [2.24, 2.45) is 5.92 Å². The molecular weight excluding hydrogens is 326 g/mol. The fourth-order valence-electron chi connectivity index (χ4n) is 2.66. The second-order valence-electron chi connectivity index (χ2n) is 6.98. The third kappa shape index (κ3) is 3.84. The number of nitrogens with one attached hydrogen (secondary N) is 1.